The third kappa shape index (κ3) is 2.96. The Kier molecular flexibility index (Phi) is 4.26. The summed E-state index contributed by atoms with van der Waals surface area (Å²) in [5.74, 6) is -0.255. The topological polar surface area (TPSA) is 100 Å². The molecule has 2 aromatic heterocycles. The summed E-state index contributed by atoms with van der Waals surface area (Å²) in [6, 6.07) is 7.06. The van der Waals surface area contributed by atoms with Gasteiger partial charge in [0.1, 0.15) is 0 Å². The molecule has 0 bridgehead atoms. The highest BCUT2D eigenvalue weighted by Crippen LogP contribution is 2.28. The number of carbonyl (C=O) groups excluding carboxylic acids is 2. The summed E-state index contributed by atoms with van der Waals surface area (Å²) < 4.78 is 1.51. The van der Waals surface area contributed by atoms with E-state index in [1.807, 2.05) is 19.1 Å². The number of amides is 2. The van der Waals surface area contributed by atoms with Crippen molar-refractivity contribution in [3.8, 4) is 0 Å². The van der Waals surface area contributed by atoms with E-state index >= 15 is 0 Å². The Morgan fingerprint density at radius 3 is 2.68 bits per heavy atom. The van der Waals surface area contributed by atoms with Crippen molar-refractivity contribution in [2.45, 2.75) is 26.7 Å². The first kappa shape index (κ1) is 18.0. The van der Waals surface area contributed by atoms with Gasteiger partial charge >= 0.3 is 0 Å². The summed E-state index contributed by atoms with van der Waals surface area (Å²) in [5, 5.41) is 5.75. The van der Waals surface area contributed by atoms with Crippen LogP contribution in [0, 0.1) is 13.8 Å². The zero-order chi connectivity index (χ0) is 20.0. The van der Waals surface area contributed by atoms with Crippen LogP contribution in [-0.2, 0) is 11.8 Å². The molecule has 8 heteroatoms. The van der Waals surface area contributed by atoms with Gasteiger partial charge < -0.3 is 10.2 Å². The minimum absolute atomic E-state index is 0.123. The van der Waals surface area contributed by atoms with Crippen LogP contribution in [0.1, 0.15) is 34.5 Å². The maximum Gasteiger partial charge on any atom is 0.274 e. The van der Waals surface area contributed by atoms with Crippen LogP contribution in [0.3, 0.4) is 0 Å². The van der Waals surface area contributed by atoms with Gasteiger partial charge in [0.25, 0.3) is 11.5 Å². The number of fused-ring (bicyclic) bond motifs is 1. The Bertz CT molecular complexity index is 1170. The molecule has 1 saturated heterocycles. The van der Waals surface area contributed by atoms with Crippen LogP contribution in [0.5, 0.6) is 0 Å². The van der Waals surface area contributed by atoms with Crippen molar-refractivity contribution in [1.82, 2.24) is 14.8 Å². The molecule has 1 aliphatic heterocycles. The van der Waals surface area contributed by atoms with E-state index in [-0.39, 0.29) is 28.3 Å². The minimum atomic E-state index is -0.378. The van der Waals surface area contributed by atoms with Gasteiger partial charge in [-0.1, -0.05) is 0 Å². The van der Waals surface area contributed by atoms with Gasteiger partial charge in [-0.2, -0.15) is 0 Å². The highest BCUT2D eigenvalue weighted by atomic mass is 16.2. The fraction of sp³-hybridized carbons (Fsp3) is 0.300. The summed E-state index contributed by atoms with van der Waals surface area (Å²) in [6.45, 7) is 4.41. The van der Waals surface area contributed by atoms with Gasteiger partial charge in [-0.05, 0) is 50.1 Å². The van der Waals surface area contributed by atoms with Crippen LogP contribution in [0.2, 0.25) is 0 Å². The quantitative estimate of drug-likeness (QED) is 0.729. The molecule has 0 radical (unpaired) electrons. The van der Waals surface area contributed by atoms with Crippen LogP contribution in [0.25, 0.3) is 11.0 Å². The van der Waals surface area contributed by atoms with E-state index < -0.39 is 0 Å². The number of rotatable bonds is 3. The van der Waals surface area contributed by atoms with Gasteiger partial charge in [-0.25, -0.2) is 4.98 Å². The van der Waals surface area contributed by atoms with Crippen LogP contribution in [0.4, 0.5) is 11.4 Å². The van der Waals surface area contributed by atoms with E-state index in [4.69, 9.17) is 0 Å². The Labute approximate surface area is 161 Å². The summed E-state index contributed by atoms with van der Waals surface area (Å²) in [6.07, 6.45) is 1.43. The molecule has 2 amide bonds. The maximum absolute atomic E-state index is 12.9. The first-order valence-electron chi connectivity index (χ1n) is 9.14. The van der Waals surface area contributed by atoms with E-state index in [1.54, 1.807) is 31.0 Å². The Morgan fingerprint density at radius 1 is 1.21 bits per heavy atom. The molecule has 4 rings (SSSR count). The number of aromatic nitrogens is 3. The molecule has 0 saturated carbocycles. The van der Waals surface area contributed by atoms with Crippen molar-refractivity contribution in [2.75, 3.05) is 16.8 Å². The van der Waals surface area contributed by atoms with E-state index in [2.05, 4.69) is 15.4 Å². The van der Waals surface area contributed by atoms with Crippen molar-refractivity contribution in [3.05, 3.63) is 51.4 Å². The summed E-state index contributed by atoms with van der Waals surface area (Å²) in [5.41, 5.74) is 3.38. The van der Waals surface area contributed by atoms with Crippen molar-refractivity contribution in [1.29, 1.82) is 0 Å². The van der Waals surface area contributed by atoms with Crippen LogP contribution in [0.15, 0.2) is 29.1 Å². The first-order valence-corrected chi connectivity index (χ1v) is 9.14. The Hall–Kier alpha value is -3.42. The monoisotopic (exact) mass is 379 g/mol. The predicted octanol–water partition coefficient (Wildman–Crippen LogP) is 2.26. The second-order valence-corrected chi connectivity index (χ2v) is 7.11. The SMILES string of the molecule is Cc1cc(C(=O)Nc2ccc(N3CCCC3=O)c(C)c2)c2c(=O)[nH]n(C)c2n1. The molecule has 3 heterocycles. The lowest BCUT2D eigenvalue weighted by Crippen LogP contribution is -2.24. The lowest BCUT2D eigenvalue weighted by atomic mass is 10.1. The second kappa shape index (κ2) is 6.63. The lowest BCUT2D eigenvalue weighted by Gasteiger charge is -2.19. The zero-order valence-electron chi connectivity index (χ0n) is 16.0. The van der Waals surface area contributed by atoms with Gasteiger partial charge in [0.05, 0.1) is 10.9 Å². The molecular weight excluding hydrogens is 358 g/mol. The normalized spacial score (nSPS) is 14.1. The first-order chi connectivity index (χ1) is 13.3. The summed E-state index contributed by atoms with van der Waals surface area (Å²) in [7, 11) is 1.68. The molecule has 1 aromatic carbocycles. The number of anilines is 2. The number of aromatic amines is 1. The average molecular weight is 379 g/mol. The third-order valence-corrected chi connectivity index (χ3v) is 5.01. The van der Waals surface area contributed by atoms with Crippen LogP contribution < -0.4 is 15.8 Å². The number of benzene rings is 1. The molecule has 1 fully saturated rings. The number of carbonyl (C=O) groups is 2. The van der Waals surface area contributed by atoms with E-state index in [0.29, 0.717) is 23.4 Å². The van der Waals surface area contributed by atoms with Gasteiger partial charge in [0.15, 0.2) is 5.65 Å². The molecule has 1 aliphatic rings. The molecule has 2 N–H and O–H groups in total. The predicted molar refractivity (Wildman–Crippen MR) is 107 cm³/mol. The Morgan fingerprint density at radius 2 is 2.00 bits per heavy atom. The average Bonchev–Trinajstić information content (AvgIpc) is 3.18. The van der Waals surface area contributed by atoms with Crippen LogP contribution >= 0.6 is 0 Å². The number of nitrogens with zero attached hydrogens (tertiary/aromatic N) is 3. The summed E-state index contributed by atoms with van der Waals surface area (Å²) in [4.78, 5) is 43.2. The third-order valence-electron chi connectivity index (χ3n) is 5.01. The fourth-order valence-electron chi connectivity index (χ4n) is 3.70. The number of hydrogen-bond donors (Lipinski definition) is 2. The molecule has 144 valence electrons. The summed E-state index contributed by atoms with van der Waals surface area (Å²) >= 11 is 0. The number of nitrogens with one attached hydrogen (secondary N) is 2. The molecule has 8 nitrogen and oxygen atoms in total. The van der Waals surface area contributed by atoms with E-state index in [1.165, 1.54) is 4.68 Å². The molecule has 0 unspecified atom stereocenters. The van der Waals surface area contributed by atoms with Crippen LogP contribution in [-0.4, -0.2) is 33.1 Å². The number of hydrogen-bond acceptors (Lipinski definition) is 4. The van der Waals surface area contributed by atoms with Gasteiger partial charge in [-0.3, -0.25) is 24.2 Å². The Balaban J connectivity index is 1.66. The highest BCUT2D eigenvalue weighted by Gasteiger charge is 2.23. The fourth-order valence-corrected chi connectivity index (χ4v) is 3.70. The minimum Gasteiger partial charge on any atom is -0.322 e. The van der Waals surface area contributed by atoms with Crippen molar-refractivity contribution >= 4 is 34.2 Å². The molecular formula is C20H21N5O3. The highest BCUT2D eigenvalue weighted by molar-refractivity contribution is 6.12. The number of pyridine rings is 1. The zero-order valence-corrected chi connectivity index (χ0v) is 16.0. The van der Waals surface area contributed by atoms with Gasteiger partial charge in [-0.15, -0.1) is 0 Å². The molecule has 3 aromatic rings. The van der Waals surface area contributed by atoms with Gasteiger partial charge in [0.2, 0.25) is 5.91 Å². The molecule has 28 heavy (non-hydrogen) atoms. The lowest BCUT2D eigenvalue weighted by molar-refractivity contribution is -0.117. The van der Waals surface area contributed by atoms with Crippen molar-refractivity contribution in [2.24, 2.45) is 7.05 Å². The second-order valence-electron chi connectivity index (χ2n) is 7.11. The maximum atomic E-state index is 12.9. The number of aryl methyl sites for hydroxylation is 3. The van der Waals surface area contributed by atoms with E-state index in [0.717, 1.165) is 24.2 Å². The largest absolute Gasteiger partial charge is 0.322 e. The smallest absolute Gasteiger partial charge is 0.274 e. The molecule has 0 spiro atoms. The van der Waals surface area contributed by atoms with Crippen molar-refractivity contribution in [3.63, 3.8) is 0 Å². The molecule has 0 aliphatic carbocycles. The van der Waals surface area contributed by atoms with E-state index in [9.17, 15) is 14.4 Å². The number of H-pyrrole nitrogens is 1. The van der Waals surface area contributed by atoms with Gasteiger partial charge in [0, 0.05) is 37.1 Å². The molecule has 0 atom stereocenters. The van der Waals surface area contributed by atoms with Crippen molar-refractivity contribution < 1.29 is 9.59 Å². The standard InChI is InChI=1S/C20H21N5O3/c1-11-9-13(6-7-15(11)25-8-4-5-16(25)26)22-19(27)14-10-12(2)21-18-17(14)20(28)23-24(18)3/h6-7,9-10H,4-5,8H2,1-3H3,(H,22,27)(H,23,28).